The minimum Gasteiger partial charge on any atom is -0.355 e. The molecule has 1 aliphatic heterocycles. The SMILES string of the molecule is CCC(C)NC(=NCC(=O)N(C)C)NCC(C)(C)N1CCCCC1.I. The summed E-state index contributed by atoms with van der Waals surface area (Å²) in [5, 5.41) is 6.83. The average molecular weight is 467 g/mol. The molecule has 1 saturated heterocycles. The van der Waals surface area contributed by atoms with Gasteiger partial charge in [0.25, 0.3) is 0 Å². The highest BCUT2D eigenvalue weighted by Gasteiger charge is 2.28. The summed E-state index contributed by atoms with van der Waals surface area (Å²) < 4.78 is 0. The van der Waals surface area contributed by atoms with Gasteiger partial charge in [0.05, 0.1) is 0 Å². The maximum Gasteiger partial charge on any atom is 0.243 e. The van der Waals surface area contributed by atoms with Gasteiger partial charge in [0.1, 0.15) is 6.54 Å². The second kappa shape index (κ2) is 11.9. The molecule has 6 nitrogen and oxygen atoms in total. The molecule has 0 radical (unpaired) electrons. The Morgan fingerprint density at radius 2 is 1.84 bits per heavy atom. The quantitative estimate of drug-likeness (QED) is 0.343. The number of likely N-dealkylation sites (N-methyl/N-ethyl adjacent to an activating group) is 1. The van der Waals surface area contributed by atoms with Crippen LogP contribution < -0.4 is 10.6 Å². The first-order chi connectivity index (χ1) is 11.3. The highest BCUT2D eigenvalue weighted by atomic mass is 127. The van der Waals surface area contributed by atoms with Gasteiger partial charge in [-0.1, -0.05) is 13.3 Å². The van der Waals surface area contributed by atoms with Crippen molar-refractivity contribution in [2.24, 2.45) is 4.99 Å². The van der Waals surface area contributed by atoms with Crippen molar-refractivity contribution in [3.05, 3.63) is 0 Å². The number of amides is 1. The van der Waals surface area contributed by atoms with E-state index in [1.807, 2.05) is 0 Å². The zero-order valence-electron chi connectivity index (χ0n) is 16.9. The molecule has 1 fully saturated rings. The van der Waals surface area contributed by atoms with Crippen LogP contribution in [0.25, 0.3) is 0 Å². The predicted octanol–water partition coefficient (Wildman–Crippen LogP) is 2.29. The van der Waals surface area contributed by atoms with Crippen LogP contribution in [0, 0.1) is 0 Å². The van der Waals surface area contributed by atoms with Crippen LogP contribution in [0.3, 0.4) is 0 Å². The van der Waals surface area contributed by atoms with E-state index in [1.165, 1.54) is 32.4 Å². The van der Waals surface area contributed by atoms with Gasteiger partial charge in [0.15, 0.2) is 5.96 Å². The Hall–Kier alpha value is -0.570. The van der Waals surface area contributed by atoms with Crippen LogP contribution in [-0.2, 0) is 4.79 Å². The Labute approximate surface area is 171 Å². The summed E-state index contributed by atoms with van der Waals surface area (Å²) in [6.07, 6.45) is 4.92. The molecule has 1 amide bonds. The molecule has 25 heavy (non-hydrogen) atoms. The lowest BCUT2D eigenvalue weighted by Gasteiger charge is -2.41. The number of guanidine groups is 1. The number of hydrogen-bond donors (Lipinski definition) is 2. The molecule has 0 aliphatic carbocycles. The topological polar surface area (TPSA) is 60.0 Å². The molecule has 0 aromatic heterocycles. The lowest BCUT2D eigenvalue weighted by molar-refractivity contribution is -0.127. The van der Waals surface area contributed by atoms with Crippen molar-refractivity contribution in [1.82, 2.24) is 20.4 Å². The maximum atomic E-state index is 11.8. The second-order valence-corrected chi connectivity index (χ2v) is 7.62. The van der Waals surface area contributed by atoms with Crippen LogP contribution in [0.15, 0.2) is 4.99 Å². The van der Waals surface area contributed by atoms with E-state index in [-0.39, 0.29) is 42.0 Å². The standard InChI is InChI=1S/C18H37N5O.HI/c1-7-15(2)21-17(19-13-16(24)22(5)6)20-14-18(3,4)23-11-9-8-10-12-23;/h15H,7-14H2,1-6H3,(H2,19,20,21);1H. The van der Waals surface area contributed by atoms with E-state index in [1.54, 1.807) is 19.0 Å². The molecule has 0 aromatic rings. The molecule has 1 aliphatic rings. The number of aliphatic imine (C=N–C) groups is 1. The van der Waals surface area contributed by atoms with Gasteiger partial charge in [-0.05, 0) is 53.1 Å². The van der Waals surface area contributed by atoms with E-state index in [0.29, 0.717) is 6.04 Å². The van der Waals surface area contributed by atoms with Crippen molar-refractivity contribution < 1.29 is 4.79 Å². The number of hydrogen-bond acceptors (Lipinski definition) is 3. The number of halogens is 1. The van der Waals surface area contributed by atoms with Crippen LogP contribution in [-0.4, -0.2) is 73.5 Å². The molecular weight excluding hydrogens is 429 g/mol. The lowest BCUT2D eigenvalue weighted by atomic mass is 9.98. The van der Waals surface area contributed by atoms with Gasteiger partial charge in [0, 0.05) is 32.2 Å². The first-order valence-corrected chi connectivity index (χ1v) is 9.26. The highest BCUT2D eigenvalue weighted by Crippen LogP contribution is 2.19. The first-order valence-electron chi connectivity index (χ1n) is 9.26. The largest absolute Gasteiger partial charge is 0.355 e. The fraction of sp³-hybridized carbons (Fsp3) is 0.889. The van der Waals surface area contributed by atoms with Crippen molar-refractivity contribution >= 4 is 35.8 Å². The van der Waals surface area contributed by atoms with Crippen LogP contribution >= 0.6 is 24.0 Å². The predicted molar refractivity (Wildman–Crippen MR) is 117 cm³/mol. The molecule has 2 N–H and O–H groups in total. The maximum absolute atomic E-state index is 11.8. The van der Waals surface area contributed by atoms with E-state index in [0.717, 1.165) is 18.9 Å². The Kier molecular flexibility index (Phi) is 11.7. The Morgan fingerprint density at radius 1 is 1.24 bits per heavy atom. The first kappa shape index (κ1) is 24.4. The third-order valence-corrected chi connectivity index (χ3v) is 4.77. The molecule has 1 unspecified atom stereocenters. The number of likely N-dealkylation sites (tertiary alicyclic amines) is 1. The summed E-state index contributed by atoms with van der Waals surface area (Å²) in [5.41, 5.74) is 0.0733. The third-order valence-electron chi connectivity index (χ3n) is 4.77. The van der Waals surface area contributed by atoms with Crippen molar-refractivity contribution in [1.29, 1.82) is 0 Å². The molecule has 1 atom stereocenters. The molecular formula is C18H38IN5O. The number of carbonyl (C=O) groups is 1. The number of nitrogens with one attached hydrogen (secondary N) is 2. The molecule has 1 rings (SSSR count). The Balaban J connectivity index is 0.00000576. The van der Waals surface area contributed by atoms with Gasteiger partial charge in [0.2, 0.25) is 5.91 Å². The van der Waals surface area contributed by atoms with E-state index >= 15 is 0 Å². The second-order valence-electron chi connectivity index (χ2n) is 7.62. The lowest BCUT2D eigenvalue weighted by Crippen LogP contribution is -2.55. The molecule has 0 spiro atoms. The van der Waals surface area contributed by atoms with Crippen molar-refractivity contribution in [3.8, 4) is 0 Å². The summed E-state index contributed by atoms with van der Waals surface area (Å²) in [4.78, 5) is 20.4. The molecule has 1 heterocycles. The normalized spacial score (nSPS) is 17.4. The smallest absolute Gasteiger partial charge is 0.243 e. The van der Waals surface area contributed by atoms with Gasteiger partial charge in [-0.15, -0.1) is 24.0 Å². The average Bonchev–Trinajstić information content (AvgIpc) is 2.57. The van der Waals surface area contributed by atoms with Crippen molar-refractivity contribution in [2.75, 3.05) is 40.3 Å². The van der Waals surface area contributed by atoms with E-state index in [4.69, 9.17) is 0 Å². The van der Waals surface area contributed by atoms with Crippen LogP contribution in [0.2, 0.25) is 0 Å². The number of nitrogens with zero attached hydrogens (tertiary/aromatic N) is 3. The van der Waals surface area contributed by atoms with E-state index in [2.05, 4.69) is 48.2 Å². The van der Waals surface area contributed by atoms with Crippen molar-refractivity contribution in [3.63, 3.8) is 0 Å². The third kappa shape index (κ3) is 9.08. The van der Waals surface area contributed by atoms with Gasteiger partial charge in [-0.2, -0.15) is 0 Å². The zero-order chi connectivity index (χ0) is 18.2. The summed E-state index contributed by atoms with van der Waals surface area (Å²) >= 11 is 0. The fourth-order valence-electron chi connectivity index (χ4n) is 2.69. The van der Waals surface area contributed by atoms with Gasteiger partial charge < -0.3 is 15.5 Å². The number of rotatable bonds is 7. The summed E-state index contributed by atoms with van der Waals surface area (Å²) in [5.74, 6) is 0.736. The molecule has 0 bridgehead atoms. The zero-order valence-corrected chi connectivity index (χ0v) is 19.2. The van der Waals surface area contributed by atoms with E-state index in [9.17, 15) is 4.79 Å². The molecule has 0 saturated carbocycles. The molecule has 0 aromatic carbocycles. The highest BCUT2D eigenvalue weighted by molar-refractivity contribution is 14.0. The van der Waals surface area contributed by atoms with E-state index < -0.39 is 0 Å². The van der Waals surface area contributed by atoms with Crippen LogP contribution in [0.1, 0.15) is 53.4 Å². The van der Waals surface area contributed by atoms with Gasteiger partial charge in [-0.25, -0.2) is 4.99 Å². The monoisotopic (exact) mass is 467 g/mol. The Bertz CT molecular complexity index is 420. The number of carbonyl (C=O) groups excluding carboxylic acids is 1. The summed E-state index contributed by atoms with van der Waals surface area (Å²) in [6.45, 7) is 12.1. The van der Waals surface area contributed by atoms with Crippen molar-refractivity contribution in [2.45, 2.75) is 65.0 Å². The molecule has 148 valence electrons. The van der Waals surface area contributed by atoms with Gasteiger partial charge >= 0.3 is 0 Å². The van der Waals surface area contributed by atoms with Crippen LogP contribution in [0.4, 0.5) is 0 Å². The van der Waals surface area contributed by atoms with Gasteiger partial charge in [-0.3, -0.25) is 9.69 Å². The minimum atomic E-state index is 0. The minimum absolute atomic E-state index is 0. The number of piperidine rings is 1. The Morgan fingerprint density at radius 3 is 2.36 bits per heavy atom. The fourth-order valence-corrected chi connectivity index (χ4v) is 2.69. The summed E-state index contributed by atoms with van der Waals surface area (Å²) in [6, 6.07) is 0.323. The molecule has 7 heteroatoms. The summed E-state index contributed by atoms with van der Waals surface area (Å²) in [7, 11) is 3.51. The van der Waals surface area contributed by atoms with Crippen LogP contribution in [0.5, 0.6) is 0 Å².